The highest BCUT2D eigenvalue weighted by atomic mass is 19.1. The Hall–Kier alpha value is -2.17. The van der Waals surface area contributed by atoms with Crippen molar-refractivity contribution in [2.45, 2.75) is 51.5 Å². The van der Waals surface area contributed by atoms with Crippen LogP contribution in [0.1, 0.15) is 59.8 Å². The maximum atomic E-state index is 14.2. The number of likely N-dealkylation sites (tertiary alicyclic amines) is 1. The third-order valence-corrected chi connectivity index (χ3v) is 5.86. The van der Waals surface area contributed by atoms with Gasteiger partial charge in [-0.3, -0.25) is 4.79 Å². The van der Waals surface area contributed by atoms with Crippen molar-refractivity contribution in [1.29, 1.82) is 0 Å². The fourth-order valence-electron chi connectivity index (χ4n) is 4.12. The van der Waals surface area contributed by atoms with Crippen LogP contribution in [0.25, 0.3) is 0 Å². The number of carbonyl (C=O) groups excluding carboxylic acids is 1. The van der Waals surface area contributed by atoms with Gasteiger partial charge in [0.15, 0.2) is 0 Å². The minimum atomic E-state index is -0.427. The molecule has 2 aliphatic rings. The summed E-state index contributed by atoms with van der Waals surface area (Å²) >= 11 is 0. The maximum Gasteiger partial charge on any atom is 0.256 e. The van der Waals surface area contributed by atoms with Gasteiger partial charge < -0.3 is 9.47 Å². The number of nitrogens with zero attached hydrogens (tertiary/aromatic N) is 3. The Morgan fingerprint density at radius 3 is 2.85 bits per heavy atom. The number of benzene rings is 1. The zero-order valence-corrected chi connectivity index (χ0v) is 15.3. The Balaban J connectivity index is 1.49. The fraction of sp³-hybridized carbons (Fsp3) is 0.524. The van der Waals surface area contributed by atoms with E-state index in [4.69, 9.17) is 0 Å². The zero-order valence-electron chi connectivity index (χ0n) is 15.3. The lowest BCUT2D eigenvalue weighted by Crippen LogP contribution is -2.40. The molecule has 0 radical (unpaired) electrons. The number of piperidine rings is 1. The Morgan fingerprint density at radius 2 is 2.12 bits per heavy atom. The first-order valence-corrected chi connectivity index (χ1v) is 9.68. The molecule has 0 N–H and O–H groups in total. The monoisotopic (exact) mass is 355 g/mol. The smallest absolute Gasteiger partial charge is 0.256 e. The lowest BCUT2D eigenvalue weighted by atomic mass is 9.85. The lowest BCUT2D eigenvalue weighted by Gasteiger charge is -2.34. The molecule has 138 valence electrons. The summed E-state index contributed by atoms with van der Waals surface area (Å²) in [6.07, 6.45) is 9.84. The van der Waals surface area contributed by atoms with Crippen LogP contribution in [0.15, 0.2) is 30.6 Å². The van der Waals surface area contributed by atoms with Crippen LogP contribution in [-0.2, 0) is 6.54 Å². The van der Waals surface area contributed by atoms with E-state index in [2.05, 4.69) is 15.7 Å². The average molecular weight is 355 g/mol. The number of hydrogen-bond donors (Lipinski definition) is 0. The molecule has 1 atom stereocenters. The molecule has 4 nitrogen and oxygen atoms in total. The van der Waals surface area contributed by atoms with Gasteiger partial charge in [0, 0.05) is 37.9 Å². The third kappa shape index (κ3) is 3.39. The summed E-state index contributed by atoms with van der Waals surface area (Å²) in [7, 11) is 0. The summed E-state index contributed by atoms with van der Waals surface area (Å²) in [6, 6.07) is 4.83. The number of imidazole rings is 1. The summed E-state index contributed by atoms with van der Waals surface area (Å²) in [5, 5.41) is 0. The molecule has 2 aromatic rings. The molecule has 1 unspecified atom stereocenters. The van der Waals surface area contributed by atoms with E-state index in [9.17, 15) is 9.18 Å². The van der Waals surface area contributed by atoms with Gasteiger partial charge in [-0.1, -0.05) is 12.5 Å². The second-order valence-corrected chi connectivity index (χ2v) is 7.81. The lowest BCUT2D eigenvalue weighted by molar-refractivity contribution is 0.0698. The molecule has 1 amide bonds. The van der Waals surface area contributed by atoms with Gasteiger partial charge in [-0.05, 0) is 56.2 Å². The number of carbonyl (C=O) groups is 1. The summed E-state index contributed by atoms with van der Waals surface area (Å²) in [6.45, 7) is 4.17. The van der Waals surface area contributed by atoms with Gasteiger partial charge in [0.1, 0.15) is 11.6 Å². The molecule has 1 aromatic heterocycles. The molecule has 1 aliphatic carbocycles. The highest BCUT2D eigenvalue weighted by Gasteiger charge is 2.30. The average Bonchev–Trinajstić information content (AvgIpc) is 3.06. The molecule has 1 saturated carbocycles. The molecule has 0 bridgehead atoms. The van der Waals surface area contributed by atoms with Crippen molar-refractivity contribution in [3.05, 3.63) is 53.4 Å². The van der Waals surface area contributed by atoms with Crippen molar-refractivity contribution < 1.29 is 9.18 Å². The van der Waals surface area contributed by atoms with Crippen LogP contribution in [0.4, 0.5) is 4.39 Å². The van der Waals surface area contributed by atoms with E-state index < -0.39 is 5.82 Å². The quantitative estimate of drug-likeness (QED) is 0.826. The Morgan fingerprint density at radius 1 is 1.27 bits per heavy atom. The molecule has 0 spiro atoms. The molecule has 5 heteroatoms. The highest BCUT2D eigenvalue weighted by molar-refractivity contribution is 5.94. The Bertz CT molecular complexity index is 796. The molecular weight excluding hydrogens is 329 g/mol. The van der Waals surface area contributed by atoms with Gasteiger partial charge in [0.25, 0.3) is 5.91 Å². The maximum absolute atomic E-state index is 14.2. The van der Waals surface area contributed by atoms with Gasteiger partial charge in [0.2, 0.25) is 0 Å². The van der Waals surface area contributed by atoms with Crippen LogP contribution in [0, 0.1) is 18.7 Å². The number of hydrogen-bond acceptors (Lipinski definition) is 2. The van der Waals surface area contributed by atoms with Crippen molar-refractivity contribution >= 4 is 5.91 Å². The van der Waals surface area contributed by atoms with Gasteiger partial charge in [-0.15, -0.1) is 0 Å². The predicted molar refractivity (Wildman–Crippen MR) is 98.6 cm³/mol. The van der Waals surface area contributed by atoms with E-state index in [-0.39, 0.29) is 17.4 Å². The predicted octanol–water partition coefficient (Wildman–Crippen LogP) is 4.15. The van der Waals surface area contributed by atoms with Crippen molar-refractivity contribution in [2.75, 3.05) is 13.1 Å². The summed E-state index contributed by atoms with van der Waals surface area (Å²) in [4.78, 5) is 19.2. The van der Waals surface area contributed by atoms with Gasteiger partial charge in [-0.2, -0.15) is 0 Å². The molecule has 26 heavy (non-hydrogen) atoms. The number of aromatic nitrogens is 2. The summed E-state index contributed by atoms with van der Waals surface area (Å²) in [5.74, 6) is 1.45. The van der Waals surface area contributed by atoms with Crippen LogP contribution in [0.5, 0.6) is 0 Å². The number of halogens is 1. The van der Waals surface area contributed by atoms with E-state index in [0.717, 1.165) is 36.7 Å². The molecule has 1 aromatic carbocycles. The van der Waals surface area contributed by atoms with E-state index >= 15 is 0 Å². The number of rotatable bonds is 4. The molecule has 4 rings (SSSR count). The Kier molecular flexibility index (Phi) is 4.79. The number of amides is 1. The minimum Gasteiger partial charge on any atom is -0.338 e. The summed E-state index contributed by atoms with van der Waals surface area (Å²) < 4.78 is 16.5. The second-order valence-electron chi connectivity index (χ2n) is 7.81. The molecule has 2 heterocycles. The van der Waals surface area contributed by atoms with Crippen molar-refractivity contribution in [3.63, 3.8) is 0 Å². The summed E-state index contributed by atoms with van der Waals surface area (Å²) in [5.41, 5.74) is 1.00. The third-order valence-electron chi connectivity index (χ3n) is 5.86. The molecular formula is C21H26FN3O. The van der Waals surface area contributed by atoms with E-state index in [1.165, 1.54) is 25.3 Å². The molecule has 1 aliphatic heterocycles. The van der Waals surface area contributed by atoms with Crippen molar-refractivity contribution in [3.8, 4) is 0 Å². The van der Waals surface area contributed by atoms with Gasteiger partial charge in [-0.25, -0.2) is 9.37 Å². The van der Waals surface area contributed by atoms with E-state index in [1.54, 1.807) is 17.0 Å². The zero-order chi connectivity index (χ0) is 18.1. The van der Waals surface area contributed by atoms with E-state index in [1.807, 2.05) is 13.1 Å². The molecule has 2 fully saturated rings. The SMILES string of the molecule is Cc1ccc(C(=O)N2CCCC(c3nccn3CC3CCC3)C2)c(F)c1. The van der Waals surface area contributed by atoms with Gasteiger partial charge >= 0.3 is 0 Å². The normalized spacial score (nSPS) is 20.8. The Labute approximate surface area is 154 Å². The fourth-order valence-corrected chi connectivity index (χ4v) is 4.12. The largest absolute Gasteiger partial charge is 0.338 e. The first-order chi connectivity index (χ1) is 12.6. The van der Waals surface area contributed by atoms with Crippen LogP contribution in [-0.4, -0.2) is 33.4 Å². The van der Waals surface area contributed by atoms with Crippen LogP contribution in [0.2, 0.25) is 0 Å². The van der Waals surface area contributed by atoms with Crippen molar-refractivity contribution in [1.82, 2.24) is 14.5 Å². The van der Waals surface area contributed by atoms with E-state index in [0.29, 0.717) is 13.1 Å². The minimum absolute atomic E-state index is 0.175. The standard InChI is InChI=1S/C21H26FN3O/c1-15-7-8-18(19(22)12-15)21(26)25-10-3-6-17(14-25)20-23-9-11-24(20)13-16-4-2-5-16/h7-9,11-12,16-17H,2-6,10,13-14H2,1H3. The second kappa shape index (κ2) is 7.22. The van der Waals surface area contributed by atoms with Crippen LogP contribution in [0.3, 0.4) is 0 Å². The molecule has 1 saturated heterocycles. The van der Waals surface area contributed by atoms with Crippen LogP contribution < -0.4 is 0 Å². The van der Waals surface area contributed by atoms with Crippen LogP contribution >= 0.6 is 0 Å². The number of aryl methyl sites for hydroxylation is 1. The highest BCUT2D eigenvalue weighted by Crippen LogP contribution is 2.31. The topological polar surface area (TPSA) is 38.1 Å². The first kappa shape index (κ1) is 17.3. The first-order valence-electron chi connectivity index (χ1n) is 9.68. The van der Waals surface area contributed by atoms with Crippen molar-refractivity contribution in [2.24, 2.45) is 5.92 Å². The van der Waals surface area contributed by atoms with Gasteiger partial charge in [0.05, 0.1) is 5.56 Å².